The number of aryl methyl sites for hydroxylation is 2. The first-order valence-corrected chi connectivity index (χ1v) is 8.87. The summed E-state index contributed by atoms with van der Waals surface area (Å²) in [6, 6.07) is 10.5. The summed E-state index contributed by atoms with van der Waals surface area (Å²) in [7, 11) is 0. The second-order valence-electron chi connectivity index (χ2n) is 6.31. The van der Waals surface area contributed by atoms with Crippen molar-refractivity contribution in [3.05, 3.63) is 65.5 Å². The van der Waals surface area contributed by atoms with Gasteiger partial charge in [-0.05, 0) is 37.6 Å². The van der Waals surface area contributed by atoms with Gasteiger partial charge in [0.2, 0.25) is 5.91 Å². The molecule has 0 saturated heterocycles. The first kappa shape index (κ1) is 19.5. The number of carbonyl (C=O) groups is 2. The van der Waals surface area contributed by atoms with Crippen LogP contribution in [-0.2, 0) is 11.3 Å². The number of para-hydroxylation sites is 2. The van der Waals surface area contributed by atoms with E-state index in [4.69, 9.17) is 0 Å². The van der Waals surface area contributed by atoms with Crippen molar-refractivity contribution in [2.45, 2.75) is 19.9 Å². The molecule has 0 bridgehead atoms. The molecule has 1 heterocycles. The van der Waals surface area contributed by atoms with E-state index in [1.165, 1.54) is 0 Å². The van der Waals surface area contributed by atoms with Crippen LogP contribution in [-0.4, -0.2) is 34.5 Å². The SMILES string of the molecule is Cc1nc2ccccc2n1CCCNC(=O)CNC(=O)c1ccc(F)cc1F. The molecule has 0 radical (unpaired) electrons. The Morgan fingerprint density at radius 1 is 1.11 bits per heavy atom. The Bertz CT molecular complexity index is 1020. The van der Waals surface area contributed by atoms with Gasteiger partial charge in [0.1, 0.15) is 17.5 Å². The molecule has 2 aromatic carbocycles. The Labute approximate surface area is 160 Å². The molecular weight excluding hydrogens is 366 g/mol. The van der Waals surface area contributed by atoms with Crippen molar-refractivity contribution in [2.24, 2.45) is 0 Å². The van der Waals surface area contributed by atoms with Crippen molar-refractivity contribution in [3.63, 3.8) is 0 Å². The Kier molecular flexibility index (Phi) is 5.98. The zero-order valence-corrected chi connectivity index (χ0v) is 15.3. The summed E-state index contributed by atoms with van der Waals surface area (Å²) in [5, 5.41) is 5.02. The number of hydrogen-bond acceptors (Lipinski definition) is 3. The fraction of sp³-hybridized carbons (Fsp3) is 0.250. The van der Waals surface area contributed by atoms with E-state index in [1.807, 2.05) is 31.2 Å². The summed E-state index contributed by atoms with van der Waals surface area (Å²) in [5.74, 6) is -1.99. The number of fused-ring (bicyclic) bond motifs is 1. The molecule has 0 aliphatic heterocycles. The van der Waals surface area contributed by atoms with Gasteiger partial charge in [0.25, 0.3) is 5.91 Å². The molecule has 146 valence electrons. The van der Waals surface area contributed by atoms with Gasteiger partial charge in [0, 0.05) is 19.2 Å². The molecule has 3 aromatic rings. The molecular formula is C20H20F2N4O2. The Balaban J connectivity index is 1.43. The van der Waals surface area contributed by atoms with Gasteiger partial charge >= 0.3 is 0 Å². The average Bonchev–Trinajstić information content (AvgIpc) is 2.98. The molecule has 0 fully saturated rings. The van der Waals surface area contributed by atoms with Crippen LogP contribution in [0.25, 0.3) is 11.0 Å². The van der Waals surface area contributed by atoms with E-state index in [-0.39, 0.29) is 18.0 Å². The lowest BCUT2D eigenvalue weighted by molar-refractivity contribution is -0.120. The van der Waals surface area contributed by atoms with Crippen LogP contribution < -0.4 is 10.6 Å². The minimum absolute atomic E-state index is 0.289. The number of carbonyl (C=O) groups excluding carboxylic acids is 2. The summed E-state index contributed by atoms with van der Waals surface area (Å²) < 4.78 is 28.5. The van der Waals surface area contributed by atoms with Gasteiger partial charge < -0.3 is 15.2 Å². The summed E-state index contributed by atoms with van der Waals surface area (Å²) in [6.45, 7) is 2.76. The Hall–Kier alpha value is -3.29. The third-order valence-corrected chi connectivity index (χ3v) is 4.31. The van der Waals surface area contributed by atoms with Crippen molar-refractivity contribution < 1.29 is 18.4 Å². The van der Waals surface area contributed by atoms with Gasteiger partial charge in [-0.1, -0.05) is 12.1 Å². The highest BCUT2D eigenvalue weighted by Crippen LogP contribution is 2.15. The number of benzene rings is 2. The van der Waals surface area contributed by atoms with Crippen molar-refractivity contribution in [1.82, 2.24) is 20.2 Å². The number of imidazole rings is 1. The number of amides is 2. The fourth-order valence-electron chi connectivity index (χ4n) is 2.94. The molecule has 0 unspecified atom stereocenters. The summed E-state index contributed by atoms with van der Waals surface area (Å²) in [5.41, 5.74) is 1.66. The monoisotopic (exact) mass is 386 g/mol. The van der Waals surface area contributed by atoms with E-state index in [0.717, 1.165) is 29.0 Å². The molecule has 1 aromatic heterocycles. The predicted molar refractivity (Wildman–Crippen MR) is 101 cm³/mol. The highest BCUT2D eigenvalue weighted by Gasteiger charge is 2.13. The maximum absolute atomic E-state index is 13.5. The van der Waals surface area contributed by atoms with Crippen LogP contribution in [0, 0.1) is 18.6 Å². The molecule has 0 saturated carbocycles. The summed E-state index contributed by atoms with van der Waals surface area (Å²) >= 11 is 0. The van der Waals surface area contributed by atoms with Gasteiger partial charge in [-0.2, -0.15) is 0 Å². The number of nitrogens with one attached hydrogen (secondary N) is 2. The minimum atomic E-state index is -0.971. The molecule has 8 heteroatoms. The van der Waals surface area contributed by atoms with Crippen LogP contribution in [0.5, 0.6) is 0 Å². The lowest BCUT2D eigenvalue weighted by Gasteiger charge is -2.09. The van der Waals surface area contributed by atoms with Crippen LogP contribution in [0.1, 0.15) is 22.6 Å². The molecule has 3 rings (SSSR count). The molecule has 0 atom stereocenters. The van der Waals surface area contributed by atoms with Crippen molar-refractivity contribution in [3.8, 4) is 0 Å². The first-order valence-electron chi connectivity index (χ1n) is 8.87. The largest absolute Gasteiger partial charge is 0.355 e. The van der Waals surface area contributed by atoms with Gasteiger partial charge in [-0.15, -0.1) is 0 Å². The third-order valence-electron chi connectivity index (χ3n) is 4.31. The zero-order chi connectivity index (χ0) is 20.1. The topological polar surface area (TPSA) is 76.0 Å². The van der Waals surface area contributed by atoms with Crippen LogP contribution in [0.2, 0.25) is 0 Å². The predicted octanol–water partition coefficient (Wildman–Crippen LogP) is 2.56. The summed E-state index contributed by atoms with van der Waals surface area (Å²) in [4.78, 5) is 28.2. The van der Waals surface area contributed by atoms with Crippen molar-refractivity contribution in [2.75, 3.05) is 13.1 Å². The summed E-state index contributed by atoms with van der Waals surface area (Å²) in [6.07, 6.45) is 0.688. The van der Waals surface area contributed by atoms with Gasteiger partial charge in [-0.25, -0.2) is 13.8 Å². The number of nitrogens with zero attached hydrogens (tertiary/aromatic N) is 2. The lowest BCUT2D eigenvalue weighted by atomic mass is 10.2. The van der Waals surface area contributed by atoms with Gasteiger partial charge in [0.05, 0.1) is 23.1 Å². The molecule has 0 aliphatic carbocycles. The third kappa shape index (κ3) is 4.51. The fourth-order valence-corrected chi connectivity index (χ4v) is 2.94. The normalized spacial score (nSPS) is 10.8. The van der Waals surface area contributed by atoms with Crippen LogP contribution >= 0.6 is 0 Å². The lowest BCUT2D eigenvalue weighted by Crippen LogP contribution is -2.37. The maximum Gasteiger partial charge on any atom is 0.254 e. The van der Waals surface area contributed by atoms with Gasteiger partial charge in [0.15, 0.2) is 0 Å². The molecule has 0 spiro atoms. The molecule has 2 amide bonds. The second kappa shape index (κ2) is 8.60. The van der Waals surface area contributed by atoms with Crippen LogP contribution in [0.15, 0.2) is 42.5 Å². The van der Waals surface area contributed by atoms with E-state index < -0.39 is 17.5 Å². The molecule has 6 nitrogen and oxygen atoms in total. The minimum Gasteiger partial charge on any atom is -0.355 e. The van der Waals surface area contributed by atoms with Crippen LogP contribution in [0.4, 0.5) is 8.78 Å². The molecule has 2 N–H and O–H groups in total. The Morgan fingerprint density at radius 3 is 2.68 bits per heavy atom. The van der Waals surface area contributed by atoms with E-state index in [2.05, 4.69) is 20.2 Å². The number of halogens is 2. The van der Waals surface area contributed by atoms with E-state index in [9.17, 15) is 18.4 Å². The van der Waals surface area contributed by atoms with Crippen molar-refractivity contribution in [1.29, 1.82) is 0 Å². The maximum atomic E-state index is 13.5. The highest BCUT2D eigenvalue weighted by molar-refractivity contribution is 5.96. The Morgan fingerprint density at radius 2 is 1.89 bits per heavy atom. The number of hydrogen-bond donors (Lipinski definition) is 2. The van der Waals surface area contributed by atoms with Gasteiger partial charge in [-0.3, -0.25) is 9.59 Å². The number of aromatic nitrogens is 2. The first-order chi connectivity index (χ1) is 13.5. The smallest absolute Gasteiger partial charge is 0.254 e. The van der Waals surface area contributed by atoms with E-state index >= 15 is 0 Å². The second-order valence-corrected chi connectivity index (χ2v) is 6.31. The highest BCUT2D eigenvalue weighted by atomic mass is 19.1. The molecule has 0 aliphatic rings. The quantitative estimate of drug-likeness (QED) is 0.613. The van der Waals surface area contributed by atoms with E-state index in [0.29, 0.717) is 25.6 Å². The zero-order valence-electron chi connectivity index (χ0n) is 15.3. The number of rotatable bonds is 7. The standard InChI is InChI=1S/C20H20F2N4O2/c1-13-25-17-5-2-3-6-18(17)26(13)10-4-9-23-19(27)12-24-20(28)15-8-7-14(21)11-16(15)22/h2-3,5-8,11H,4,9-10,12H2,1H3,(H,23,27)(H,24,28). The average molecular weight is 386 g/mol. The van der Waals surface area contributed by atoms with Crippen LogP contribution in [0.3, 0.4) is 0 Å². The molecule has 28 heavy (non-hydrogen) atoms. The van der Waals surface area contributed by atoms with E-state index in [1.54, 1.807) is 0 Å². The van der Waals surface area contributed by atoms with Crippen molar-refractivity contribution >= 4 is 22.8 Å².